The fourth-order valence-corrected chi connectivity index (χ4v) is 3.35. The van der Waals surface area contributed by atoms with E-state index in [-0.39, 0.29) is 5.91 Å². The second-order valence-corrected chi connectivity index (χ2v) is 6.61. The van der Waals surface area contributed by atoms with Crippen LogP contribution in [-0.4, -0.2) is 19.1 Å². The largest absolute Gasteiger partial charge is 0.495 e. The topological polar surface area (TPSA) is 47.6 Å². The zero-order chi connectivity index (χ0) is 17.8. The van der Waals surface area contributed by atoms with Gasteiger partial charge < -0.3 is 14.8 Å². The molecule has 4 nitrogen and oxygen atoms in total. The highest BCUT2D eigenvalue weighted by Crippen LogP contribution is 2.30. The standard InChI is InChI=1S/C20H22ClNO3/c1-13(20(23)22-15-10-11-19(24-2)17(21)12-15)25-18-9-5-7-14-6-3-4-8-16(14)18/h5,7,9-13H,3-4,6,8H2,1-2H3,(H,22,23)/t13-/m1/s1. The third-order valence-corrected chi connectivity index (χ3v) is 4.74. The summed E-state index contributed by atoms with van der Waals surface area (Å²) >= 11 is 6.09. The number of hydrogen-bond acceptors (Lipinski definition) is 3. The van der Waals surface area contributed by atoms with Crippen LogP contribution in [0.1, 0.15) is 30.9 Å². The highest BCUT2D eigenvalue weighted by Gasteiger charge is 2.19. The minimum absolute atomic E-state index is 0.213. The molecule has 25 heavy (non-hydrogen) atoms. The number of aryl methyl sites for hydroxylation is 1. The van der Waals surface area contributed by atoms with E-state index in [1.807, 2.05) is 12.1 Å². The number of halogens is 1. The molecule has 0 fully saturated rings. The maximum atomic E-state index is 12.4. The molecule has 132 valence electrons. The Morgan fingerprint density at radius 2 is 1.96 bits per heavy atom. The Hall–Kier alpha value is -2.20. The van der Waals surface area contributed by atoms with E-state index in [0.717, 1.165) is 25.0 Å². The molecule has 0 aliphatic heterocycles. The van der Waals surface area contributed by atoms with Gasteiger partial charge in [0.1, 0.15) is 11.5 Å². The monoisotopic (exact) mass is 359 g/mol. The molecule has 2 aromatic rings. The Labute approximate surface area is 153 Å². The summed E-state index contributed by atoms with van der Waals surface area (Å²) in [6, 6.07) is 11.2. The van der Waals surface area contributed by atoms with E-state index >= 15 is 0 Å². The van der Waals surface area contributed by atoms with Gasteiger partial charge in [0, 0.05) is 5.69 Å². The van der Waals surface area contributed by atoms with Crippen molar-refractivity contribution in [1.82, 2.24) is 0 Å². The minimum Gasteiger partial charge on any atom is -0.495 e. The van der Waals surface area contributed by atoms with E-state index in [4.69, 9.17) is 21.1 Å². The molecule has 0 radical (unpaired) electrons. The lowest BCUT2D eigenvalue weighted by Crippen LogP contribution is -2.30. The average molecular weight is 360 g/mol. The predicted octanol–water partition coefficient (Wildman–Crippen LogP) is 4.63. The molecule has 0 bridgehead atoms. The quantitative estimate of drug-likeness (QED) is 0.846. The number of ether oxygens (including phenoxy) is 2. The summed E-state index contributed by atoms with van der Waals surface area (Å²) in [5.41, 5.74) is 3.18. The predicted molar refractivity (Wildman–Crippen MR) is 99.8 cm³/mol. The van der Waals surface area contributed by atoms with Crippen LogP contribution < -0.4 is 14.8 Å². The smallest absolute Gasteiger partial charge is 0.265 e. The molecule has 0 aromatic heterocycles. The molecule has 1 atom stereocenters. The van der Waals surface area contributed by atoms with Crippen molar-refractivity contribution in [1.29, 1.82) is 0 Å². The lowest BCUT2D eigenvalue weighted by Gasteiger charge is -2.22. The van der Waals surface area contributed by atoms with Crippen LogP contribution >= 0.6 is 11.6 Å². The Morgan fingerprint density at radius 1 is 1.16 bits per heavy atom. The second kappa shape index (κ2) is 7.79. The first-order valence-electron chi connectivity index (χ1n) is 8.50. The van der Waals surface area contributed by atoms with Gasteiger partial charge in [-0.3, -0.25) is 4.79 Å². The molecule has 1 N–H and O–H groups in total. The Bertz CT molecular complexity index is 776. The summed E-state index contributed by atoms with van der Waals surface area (Å²) in [7, 11) is 1.55. The van der Waals surface area contributed by atoms with Crippen molar-refractivity contribution in [3.05, 3.63) is 52.5 Å². The summed E-state index contributed by atoms with van der Waals surface area (Å²) in [6.45, 7) is 1.75. The van der Waals surface area contributed by atoms with E-state index in [1.165, 1.54) is 17.5 Å². The number of carbonyl (C=O) groups is 1. The second-order valence-electron chi connectivity index (χ2n) is 6.20. The van der Waals surface area contributed by atoms with Gasteiger partial charge in [-0.1, -0.05) is 23.7 Å². The van der Waals surface area contributed by atoms with E-state index < -0.39 is 6.10 Å². The molecule has 1 aliphatic rings. The summed E-state index contributed by atoms with van der Waals surface area (Å²) in [6.07, 6.45) is 3.86. The van der Waals surface area contributed by atoms with Gasteiger partial charge in [-0.15, -0.1) is 0 Å². The van der Waals surface area contributed by atoms with E-state index in [9.17, 15) is 4.79 Å². The van der Waals surface area contributed by atoms with Crippen molar-refractivity contribution >= 4 is 23.2 Å². The van der Waals surface area contributed by atoms with Gasteiger partial charge in [0.05, 0.1) is 12.1 Å². The molecule has 1 amide bonds. The number of benzene rings is 2. The van der Waals surface area contributed by atoms with Crippen molar-refractivity contribution < 1.29 is 14.3 Å². The Kier molecular flexibility index (Phi) is 5.49. The number of rotatable bonds is 5. The van der Waals surface area contributed by atoms with Crippen LogP contribution in [0.2, 0.25) is 5.02 Å². The number of carbonyl (C=O) groups excluding carboxylic acids is 1. The number of fused-ring (bicyclic) bond motifs is 1. The summed E-state index contributed by atoms with van der Waals surface area (Å²) < 4.78 is 11.1. The van der Waals surface area contributed by atoms with Gasteiger partial charge in [-0.25, -0.2) is 0 Å². The number of amides is 1. The van der Waals surface area contributed by atoms with Crippen LogP contribution in [-0.2, 0) is 17.6 Å². The Balaban J connectivity index is 1.68. The highest BCUT2D eigenvalue weighted by atomic mass is 35.5. The van der Waals surface area contributed by atoms with Crippen LogP contribution in [0.25, 0.3) is 0 Å². The zero-order valence-corrected chi connectivity index (χ0v) is 15.2. The van der Waals surface area contributed by atoms with Crippen LogP contribution in [0.15, 0.2) is 36.4 Å². The van der Waals surface area contributed by atoms with Crippen molar-refractivity contribution in [2.45, 2.75) is 38.7 Å². The maximum Gasteiger partial charge on any atom is 0.265 e. The summed E-state index contributed by atoms with van der Waals surface area (Å²) in [4.78, 5) is 12.4. The SMILES string of the molecule is COc1ccc(NC(=O)[C@@H](C)Oc2cccc3c2CCCC3)cc1Cl. The molecule has 1 aliphatic carbocycles. The van der Waals surface area contributed by atoms with Gasteiger partial charge in [0.25, 0.3) is 5.91 Å². The van der Waals surface area contributed by atoms with Crippen LogP contribution in [0, 0.1) is 0 Å². The highest BCUT2D eigenvalue weighted by molar-refractivity contribution is 6.32. The van der Waals surface area contributed by atoms with Crippen LogP contribution in [0.5, 0.6) is 11.5 Å². The maximum absolute atomic E-state index is 12.4. The van der Waals surface area contributed by atoms with Gasteiger partial charge in [-0.2, -0.15) is 0 Å². The first-order valence-corrected chi connectivity index (χ1v) is 8.88. The van der Waals surface area contributed by atoms with Gasteiger partial charge in [0.15, 0.2) is 6.10 Å². The molecule has 0 heterocycles. The third kappa shape index (κ3) is 4.07. The molecule has 3 rings (SSSR count). The molecule has 5 heteroatoms. The van der Waals surface area contributed by atoms with Gasteiger partial charge >= 0.3 is 0 Å². The lowest BCUT2D eigenvalue weighted by molar-refractivity contribution is -0.122. The third-order valence-electron chi connectivity index (χ3n) is 4.45. The van der Waals surface area contributed by atoms with Crippen molar-refractivity contribution in [2.75, 3.05) is 12.4 Å². The van der Waals surface area contributed by atoms with E-state index in [0.29, 0.717) is 16.5 Å². The number of anilines is 1. The minimum atomic E-state index is -0.602. The fourth-order valence-electron chi connectivity index (χ4n) is 3.09. The fraction of sp³-hybridized carbons (Fsp3) is 0.350. The first-order chi connectivity index (χ1) is 12.1. The summed E-state index contributed by atoms with van der Waals surface area (Å²) in [5, 5.41) is 3.28. The normalized spacial score (nSPS) is 14.4. The van der Waals surface area contributed by atoms with Crippen molar-refractivity contribution in [3.63, 3.8) is 0 Å². The van der Waals surface area contributed by atoms with Crippen LogP contribution in [0.4, 0.5) is 5.69 Å². The number of hydrogen-bond donors (Lipinski definition) is 1. The first kappa shape index (κ1) is 17.6. The molecular weight excluding hydrogens is 338 g/mol. The van der Waals surface area contributed by atoms with Gasteiger partial charge in [-0.05, 0) is 68.0 Å². The molecule has 0 spiro atoms. The number of methoxy groups -OCH3 is 1. The molecule has 0 unspecified atom stereocenters. The average Bonchev–Trinajstić information content (AvgIpc) is 2.62. The van der Waals surface area contributed by atoms with E-state index in [2.05, 4.69) is 11.4 Å². The zero-order valence-electron chi connectivity index (χ0n) is 14.5. The van der Waals surface area contributed by atoms with Crippen molar-refractivity contribution in [2.24, 2.45) is 0 Å². The van der Waals surface area contributed by atoms with Gasteiger partial charge in [0.2, 0.25) is 0 Å². The van der Waals surface area contributed by atoms with Crippen LogP contribution in [0.3, 0.4) is 0 Å². The molecule has 2 aromatic carbocycles. The molecule has 0 saturated carbocycles. The molecular formula is C20H22ClNO3. The lowest BCUT2D eigenvalue weighted by atomic mass is 9.91. The molecule has 0 saturated heterocycles. The Morgan fingerprint density at radius 3 is 2.72 bits per heavy atom. The number of nitrogens with one attached hydrogen (secondary N) is 1. The van der Waals surface area contributed by atoms with E-state index in [1.54, 1.807) is 32.2 Å². The van der Waals surface area contributed by atoms with Crippen molar-refractivity contribution in [3.8, 4) is 11.5 Å². The summed E-state index contributed by atoms with van der Waals surface area (Å²) in [5.74, 6) is 1.17.